The SMILES string of the molecule is Cc1c(C=Nc2ccc(S(=O)(=O)N3CCCCC3)cc2)c(O)n(C)c(=O)c1C#N. The number of hydrogen-bond donors (Lipinski definition) is 1. The molecule has 0 atom stereocenters. The van der Waals surface area contributed by atoms with Gasteiger partial charge in [-0.15, -0.1) is 0 Å². The van der Waals surface area contributed by atoms with Crippen LogP contribution in [0.15, 0.2) is 38.9 Å². The third-order valence-corrected chi connectivity index (χ3v) is 7.01. The minimum absolute atomic E-state index is 0.0604. The molecule has 0 bridgehead atoms. The third kappa shape index (κ3) is 3.95. The molecule has 3 rings (SSSR count). The molecule has 0 aliphatic carbocycles. The number of benzene rings is 1. The van der Waals surface area contributed by atoms with Gasteiger partial charge in [-0.2, -0.15) is 9.57 Å². The van der Waals surface area contributed by atoms with Gasteiger partial charge in [-0.05, 0) is 49.6 Å². The van der Waals surface area contributed by atoms with Crippen molar-refractivity contribution in [2.24, 2.45) is 12.0 Å². The zero-order valence-electron chi connectivity index (χ0n) is 16.3. The van der Waals surface area contributed by atoms with Crippen molar-refractivity contribution in [3.63, 3.8) is 0 Å². The number of aromatic nitrogens is 1. The van der Waals surface area contributed by atoms with Crippen LogP contribution in [0.25, 0.3) is 0 Å². The summed E-state index contributed by atoms with van der Waals surface area (Å²) in [5.74, 6) is -0.292. The van der Waals surface area contributed by atoms with E-state index in [9.17, 15) is 23.6 Å². The van der Waals surface area contributed by atoms with Crippen LogP contribution in [0.3, 0.4) is 0 Å². The van der Waals surface area contributed by atoms with Gasteiger partial charge in [0.05, 0.1) is 16.1 Å². The average molecular weight is 414 g/mol. The van der Waals surface area contributed by atoms with E-state index < -0.39 is 15.6 Å². The van der Waals surface area contributed by atoms with Gasteiger partial charge in [0.2, 0.25) is 15.9 Å². The lowest BCUT2D eigenvalue weighted by Crippen LogP contribution is -2.35. The van der Waals surface area contributed by atoms with Crippen molar-refractivity contribution in [1.29, 1.82) is 5.26 Å². The molecular weight excluding hydrogens is 392 g/mol. The summed E-state index contributed by atoms with van der Waals surface area (Å²) in [4.78, 5) is 16.5. The predicted octanol–water partition coefficient (Wildman–Crippen LogP) is 2.20. The number of aliphatic imine (C=N–C) groups is 1. The van der Waals surface area contributed by atoms with Crippen molar-refractivity contribution >= 4 is 21.9 Å². The number of nitrogens with zero attached hydrogens (tertiary/aromatic N) is 4. The summed E-state index contributed by atoms with van der Waals surface area (Å²) in [7, 11) is -2.14. The molecule has 9 heteroatoms. The minimum atomic E-state index is -3.51. The number of rotatable bonds is 4. The lowest BCUT2D eigenvalue weighted by molar-refractivity contribution is 0.346. The highest BCUT2D eigenvalue weighted by Crippen LogP contribution is 2.24. The van der Waals surface area contributed by atoms with E-state index in [4.69, 9.17) is 0 Å². The maximum atomic E-state index is 12.7. The van der Waals surface area contributed by atoms with E-state index >= 15 is 0 Å². The van der Waals surface area contributed by atoms with Crippen LogP contribution < -0.4 is 5.56 Å². The zero-order valence-corrected chi connectivity index (χ0v) is 17.1. The van der Waals surface area contributed by atoms with Crippen LogP contribution in [0, 0.1) is 18.3 Å². The first-order valence-corrected chi connectivity index (χ1v) is 10.7. The fraction of sp³-hybridized carbons (Fsp3) is 0.350. The van der Waals surface area contributed by atoms with Gasteiger partial charge in [-0.3, -0.25) is 14.4 Å². The van der Waals surface area contributed by atoms with E-state index in [2.05, 4.69) is 4.99 Å². The quantitative estimate of drug-likeness (QED) is 0.770. The number of aromatic hydroxyl groups is 1. The van der Waals surface area contributed by atoms with Crippen molar-refractivity contribution in [2.75, 3.05) is 13.1 Å². The maximum absolute atomic E-state index is 12.7. The molecule has 0 amide bonds. The zero-order chi connectivity index (χ0) is 21.2. The molecule has 1 aromatic carbocycles. The predicted molar refractivity (Wildman–Crippen MR) is 109 cm³/mol. The van der Waals surface area contributed by atoms with Crippen LogP contribution in [-0.2, 0) is 17.1 Å². The molecule has 2 heterocycles. The fourth-order valence-electron chi connectivity index (χ4n) is 3.29. The highest BCUT2D eigenvalue weighted by molar-refractivity contribution is 7.89. The summed E-state index contributed by atoms with van der Waals surface area (Å²) in [6.07, 6.45) is 4.15. The Balaban J connectivity index is 1.89. The van der Waals surface area contributed by atoms with Crippen LogP contribution in [0.5, 0.6) is 5.88 Å². The lowest BCUT2D eigenvalue weighted by atomic mass is 10.1. The molecule has 0 spiro atoms. The molecule has 2 aromatic rings. The molecule has 29 heavy (non-hydrogen) atoms. The van der Waals surface area contributed by atoms with Crippen molar-refractivity contribution in [3.8, 4) is 11.9 Å². The summed E-state index contributed by atoms with van der Waals surface area (Å²) in [6.45, 7) is 2.64. The molecule has 1 aromatic heterocycles. The number of hydrogen-bond acceptors (Lipinski definition) is 6. The Hall–Kier alpha value is -2.96. The van der Waals surface area contributed by atoms with Crippen molar-refractivity contribution in [3.05, 3.63) is 51.3 Å². The highest BCUT2D eigenvalue weighted by atomic mass is 32.2. The van der Waals surface area contributed by atoms with E-state index in [-0.39, 0.29) is 21.9 Å². The summed E-state index contributed by atoms with van der Waals surface area (Å²) in [6, 6.07) is 8.01. The first-order chi connectivity index (χ1) is 13.8. The number of nitriles is 1. The highest BCUT2D eigenvalue weighted by Gasteiger charge is 2.25. The molecule has 1 aliphatic rings. The summed E-state index contributed by atoms with van der Waals surface area (Å²) < 4.78 is 27.9. The van der Waals surface area contributed by atoms with Crippen molar-refractivity contribution < 1.29 is 13.5 Å². The van der Waals surface area contributed by atoms with E-state index in [0.717, 1.165) is 23.8 Å². The maximum Gasteiger partial charge on any atom is 0.271 e. The fourth-order valence-corrected chi connectivity index (χ4v) is 4.81. The molecule has 0 saturated carbocycles. The number of sulfonamides is 1. The first-order valence-electron chi connectivity index (χ1n) is 9.24. The molecule has 8 nitrogen and oxygen atoms in total. The second-order valence-corrected chi connectivity index (χ2v) is 8.87. The van der Waals surface area contributed by atoms with Crippen LogP contribution >= 0.6 is 0 Å². The van der Waals surface area contributed by atoms with E-state index in [1.54, 1.807) is 19.1 Å². The summed E-state index contributed by atoms with van der Waals surface area (Å²) in [5, 5.41) is 19.4. The van der Waals surface area contributed by atoms with Crippen LogP contribution in [0.2, 0.25) is 0 Å². The third-order valence-electron chi connectivity index (χ3n) is 5.10. The van der Waals surface area contributed by atoms with Gasteiger partial charge in [0.1, 0.15) is 11.6 Å². The minimum Gasteiger partial charge on any atom is -0.494 e. The van der Waals surface area contributed by atoms with E-state index in [1.165, 1.54) is 29.7 Å². The van der Waals surface area contributed by atoms with Gasteiger partial charge in [0.15, 0.2) is 0 Å². The molecule has 1 fully saturated rings. The van der Waals surface area contributed by atoms with Crippen LogP contribution in [-0.4, -0.2) is 41.7 Å². The Morgan fingerprint density at radius 1 is 1.17 bits per heavy atom. The normalized spacial score (nSPS) is 15.5. The number of pyridine rings is 1. The van der Waals surface area contributed by atoms with E-state index in [0.29, 0.717) is 24.3 Å². The molecule has 0 radical (unpaired) electrons. The van der Waals surface area contributed by atoms with Gasteiger partial charge in [-0.1, -0.05) is 6.42 Å². The van der Waals surface area contributed by atoms with Crippen LogP contribution in [0.1, 0.15) is 36.0 Å². The molecule has 0 unspecified atom stereocenters. The average Bonchev–Trinajstić information content (AvgIpc) is 2.73. The Morgan fingerprint density at radius 2 is 1.79 bits per heavy atom. The summed E-state index contributed by atoms with van der Waals surface area (Å²) >= 11 is 0. The Morgan fingerprint density at radius 3 is 2.38 bits per heavy atom. The molecule has 152 valence electrons. The van der Waals surface area contributed by atoms with Gasteiger partial charge in [0.25, 0.3) is 5.56 Å². The summed E-state index contributed by atoms with van der Waals surface area (Å²) in [5.41, 5.74) is 0.435. The van der Waals surface area contributed by atoms with Gasteiger partial charge in [-0.25, -0.2) is 8.42 Å². The van der Waals surface area contributed by atoms with Gasteiger partial charge >= 0.3 is 0 Å². The molecule has 1 aliphatic heterocycles. The second-order valence-electron chi connectivity index (χ2n) is 6.93. The molecule has 1 N–H and O–H groups in total. The largest absolute Gasteiger partial charge is 0.494 e. The Kier molecular flexibility index (Phi) is 5.86. The Labute approximate surface area is 169 Å². The lowest BCUT2D eigenvalue weighted by Gasteiger charge is -2.25. The standard InChI is InChI=1S/C20H22N4O4S/c1-14-17(12-21)19(25)23(2)20(26)18(14)13-22-15-6-8-16(9-7-15)29(27,28)24-10-4-3-5-11-24/h6-9,13,26H,3-5,10-11H2,1-2H3. The van der Waals surface area contributed by atoms with Crippen molar-refractivity contribution in [1.82, 2.24) is 8.87 Å². The van der Waals surface area contributed by atoms with Crippen LogP contribution in [0.4, 0.5) is 5.69 Å². The van der Waals surface area contributed by atoms with Gasteiger partial charge in [0, 0.05) is 26.4 Å². The van der Waals surface area contributed by atoms with E-state index in [1.807, 2.05) is 6.07 Å². The molecular formula is C20H22N4O4S. The Bertz CT molecular complexity index is 1150. The topological polar surface area (TPSA) is 116 Å². The number of piperidine rings is 1. The van der Waals surface area contributed by atoms with Crippen molar-refractivity contribution in [2.45, 2.75) is 31.1 Å². The second kappa shape index (κ2) is 8.19. The van der Waals surface area contributed by atoms with Gasteiger partial charge < -0.3 is 5.11 Å². The monoisotopic (exact) mass is 414 g/mol. The molecule has 1 saturated heterocycles. The first kappa shape index (κ1) is 20.8. The smallest absolute Gasteiger partial charge is 0.271 e.